The van der Waals surface area contributed by atoms with Crippen LogP contribution in [0.3, 0.4) is 0 Å². The summed E-state index contributed by atoms with van der Waals surface area (Å²) in [6.07, 6.45) is -0.324. The van der Waals surface area contributed by atoms with Gasteiger partial charge in [-0.3, -0.25) is 9.69 Å². The van der Waals surface area contributed by atoms with Crippen LogP contribution in [0.2, 0.25) is 0 Å². The largest absolute Gasteiger partial charge is 0.491 e. The van der Waals surface area contributed by atoms with E-state index < -0.39 is 12.0 Å². The zero-order valence-corrected chi connectivity index (χ0v) is 19.3. The highest BCUT2D eigenvalue weighted by Crippen LogP contribution is 2.27. The molecule has 2 saturated heterocycles. The van der Waals surface area contributed by atoms with Gasteiger partial charge in [0.2, 0.25) is 0 Å². The molecule has 4 rings (SSSR count). The minimum Gasteiger partial charge on any atom is -0.491 e. The molecular formula is C23H26ClF2N5O2. The van der Waals surface area contributed by atoms with E-state index in [1.165, 1.54) is 23.1 Å². The normalized spacial score (nSPS) is 23.8. The van der Waals surface area contributed by atoms with Crippen LogP contribution in [0.25, 0.3) is 0 Å². The third kappa shape index (κ3) is 5.09. The van der Waals surface area contributed by atoms with Crippen LogP contribution in [-0.2, 0) is 0 Å². The number of allylic oxidation sites excluding steroid dienone is 2. The SMILES string of the molecule is CC1=N/C(=C2\CN(C(=O)c3ccc(F)cc3OCCN3CC[C@@H](F)C3)CC2=N)NC(C)=C1Cl. The van der Waals surface area contributed by atoms with Crippen molar-refractivity contribution in [3.05, 3.63) is 51.7 Å². The second-order valence-corrected chi connectivity index (χ2v) is 8.78. The van der Waals surface area contributed by atoms with E-state index in [1.54, 1.807) is 6.92 Å². The number of alkyl halides is 1. The van der Waals surface area contributed by atoms with Crippen molar-refractivity contribution in [1.29, 1.82) is 5.41 Å². The van der Waals surface area contributed by atoms with E-state index in [1.807, 2.05) is 11.8 Å². The predicted octanol–water partition coefficient (Wildman–Crippen LogP) is 3.47. The van der Waals surface area contributed by atoms with E-state index in [0.717, 1.165) is 5.70 Å². The lowest BCUT2D eigenvalue weighted by molar-refractivity contribution is 0.0799. The Labute approximate surface area is 196 Å². The summed E-state index contributed by atoms with van der Waals surface area (Å²) in [5.74, 6) is -0.239. The van der Waals surface area contributed by atoms with Gasteiger partial charge in [0.25, 0.3) is 5.91 Å². The first kappa shape index (κ1) is 23.4. The zero-order chi connectivity index (χ0) is 23.7. The molecule has 0 saturated carbocycles. The zero-order valence-electron chi connectivity index (χ0n) is 18.6. The minimum atomic E-state index is -0.827. The molecule has 7 nitrogen and oxygen atoms in total. The number of hydrogen-bond acceptors (Lipinski definition) is 6. The Bertz CT molecular complexity index is 1080. The third-order valence-electron chi connectivity index (χ3n) is 5.92. The molecule has 3 aliphatic rings. The van der Waals surface area contributed by atoms with Crippen LogP contribution in [-0.4, -0.2) is 72.6 Å². The number of benzene rings is 1. The molecule has 1 aromatic rings. The molecule has 0 unspecified atom stereocenters. The van der Waals surface area contributed by atoms with Crippen LogP contribution in [0.5, 0.6) is 5.75 Å². The van der Waals surface area contributed by atoms with Gasteiger partial charge < -0.3 is 20.4 Å². The average Bonchev–Trinajstić information content (AvgIpc) is 3.36. The highest BCUT2D eigenvalue weighted by molar-refractivity contribution is 6.43. The van der Waals surface area contributed by atoms with E-state index in [2.05, 4.69) is 10.3 Å². The number of rotatable bonds is 5. The van der Waals surface area contributed by atoms with Crippen LogP contribution in [0.1, 0.15) is 30.6 Å². The molecule has 1 aromatic carbocycles. The molecule has 0 aromatic heterocycles. The van der Waals surface area contributed by atoms with Crippen molar-refractivity contribution in [3.8, 4) is 5.75 Å². The Morgan fingerprint density at radius 1 is 1.36 bits per heavy atom. The highest BCUT2D eigenvalue weighted by atomic mass is 35.5. The number of hydrogen-bond donors (Lipinski definition) is 2. The molecule has 3 aliphatic heterocycles. The summed E-state index contributed by atoms with van der Waals surface area (Å²) in [6, 6.07) is 3.78. The molecule has 0 spiro atoms. The summed E-state index contributed by atoms with van der Waals surface area (Å²) in [7, 11) is 0. The Balaban J connectivity index is 1.48. The monoisotopic (exact) mass is 477 g/mol. The summed E-state index contributed by atoms with van der Waals surface area (Å²) in [4.78, 5) is 21.1. The Kier molecular flexibility index (Phi) is 6.81. The molecule has 1 atom stereocenters. The van der Waals surface area contributed by atoms with E-state index in [-0.39, 0.29) is 42.6 Å². The first-order valence-electron chi connectivity index (χ1n) is 10.8. The van der Waals surface area contributed by atoms with Crippen LogP contribution >= 0.6 is 11.6 Å². The van der Waals surface area contributed by atoms with Crippen LogP contribution in [0.4, 0.5) is 8.78 Å². The summed E-state index contributed by atoms with van der Waals surface area (Å²) < 4.78 is 33.0. The van der Waals surface area contributed by atoms with Crippen molar-refractivity contribution < 1.29 is 18.3 Å². The molecule has 0 aliphatic carbocycles. The summed E-state index contributed by atoms with van der Waals surface area (Å²) >= 11 is 6.18. The van der Waals surface area contributed by atoms with Gasteiger partial charge in [0, 0.05) is 37.0 Å². The van der Waals surface area contributed by atoms with Crippen LogP contribution in [0, 0.1) is 11.2 Å². The van der Waals surface area contributed by atoms with Crippen molar-refractivity contribution in [2.75, 3.05) is 39.3 Å². The molecule has 1 amide bonds. The highest BCUT2D eigenvalue weighted by Gasteiger charge is 2.32. The van der Waals surface area contributed by atoms with Gasteiger partial charge in [-0.25, -0.2) is 13.8 Å². The third-order valence-corrected chi connectivity index (χ3v) is 6.48. The fourth-order valence-corrected chi connectivity index (χ4v) is 4.21. The maximum atomic E-state index is 13.9. The lowest BCUT2D eigenvalue weighted by atomic mass is 10.1. The molecule has 2 fully saturated rings. The fraction of sp³-hybridized carbons (Fsp3) is 0.435. The lowest BCUT2D eigenvalue weighted by Crippen LogP contribution is -2.30. The molecule has 0 radical (unpaired) electrons. The molecular weight excluding hydrogens is 452 g/mol. The number of nitrogens with one attached hydrogen (secondary N) is 2. The van der Waals surface area contributed by atoms with Gasteiger partial charge in [0.05, 0.1) is 35.1 Å². The van der Waals surface area contributed by atoms with Gasteiger partial charge in [-0.15, -0.1) is 0 Å². The average molecular weight is 478 g/mol. The number of carbonyl (C=O) groups excluding carboxylic acids is 1. The van der Waals surface area contributed by atoms with Gasteiger partial charge in [0.15, 0.2) is 0 Å². The van der Waals surface area contributed by atoms with Gasteiger partial charge in [-0.2, -0.15) is 0 Å². The standard InChI is InChI=1S/C23H26ClF2N5O2/c1-13-21(24)14(2)29-22(28-13)18-11-31(12-19(18)27)23(32)17-4-3-15(25)9-20(17)33-8-7-30-6-5-16(26)10-30/h3-4,9,16,27-28H,5-8,10-12H2,1-2H3/b22-18+,27-19?/t16-/m1/s1. The number of likely N-dealkylation sites (tertiary alicyclic amines) is 2. The lowest BCUT2D eigenvalue weighted by Gasteiger charge is -2.20. The second-order valence-electron chi connectivity index (χ2n) is 8.40. The molecule has 10 heteroatoms. The van der Waals surface area contributed by atoms with E-state index in [4.69, 9.17) is 21.7 Å². The summed E-state index contributed by atoms with van der Waals surface area (Å²) in [5, 5.41) is 12.0. The Morgan fingerprint density at radius 2 is 2.15 bits per heavy atom. The Morgan fingerprint density at radius 3 is 2.85 bits per heavy atom. The minimum absolute atomic E-state index is 0.104. The number of carbonyl (C=O) groups is 1. The van der Waals surface area contributed by atoms with Gasteiger partial charge in [-0.05, 0) is 32.4 Å². The van der Waals surface area contributed by atoms with Crippen molar-refractivity contribution in [2.24, 2.45) is 4.99 Å². The van der Waals surface area contributed by atoms with Crippen molar-refractivity contribution in [1.82, 2.24) is 15.1 Å². The number of amides is 1. The van der Waals surface area contributed by atoms with Gasteiger partial charge in [0.1, 0.15) is 30.2 Å². The molecule has 3 heterocycles. The quantitative estimate of drug-likeness (QED) is 0.680. The van der Waals surface area contributed by atoms with E-state index >= 15 is 0 Å². The fourth-order valence-electron chi connectivity index (χ4n) is 4.12. The number of halogens is 3. The second kappa shape index (κ2) is 9.61. The predicted molar refractivity (Wildman–Crippen MR) is 123 cm³/mol. The summed E-state index contributed by atoms with van der Waals surface area (Å²) in [6.45, 7) is 5.62. The summed E-state index contributed by atoms with van der Waals surface area (Å²) in [5.41, 5.74) is 2.46. The van der Waals surface area contributed by atoms with E-state index in [0.29, 0.717) is 48.2 Å². The van der Waals surface area contributed by atoms with E-state index in [9.17, 15) is 13.6 Å². The number of aliphatic imine (C=N–C) groups is 1. The first-order valence-corrected chi connectivity index (χ1v) is 11.2. The topological polar surface area (TPSA) is 81.0 Å². The molecule has 33 heavy (non-hydrogen) atoms. The van der Waals surface area contributed by atoms with Gasteiger partial charge >= 0.3 is 0 Å². The van der Waals surface area contributed by atoms with Gasteiger partial charge in [-0.1, -0.05) is 11.6 Å². The molecule has 0 bridgehead atoms. The maximum Gasteiger partial charge on any atom is 0.258 e. The molecule has 176 valence electrons. The Hall–Kier alpha value is -2.78. The van der Waals surface area contributed by atoms with Crippen molar-refractivity contribution >= 4 is 28.9 Å². The maximum absolute atomic E-state index is 13.9. The molecule has 2 N–H and O–H groups in total. The van der Waals surface area contributed by atoms with Crippen molar-refractivity contribution in [2.45, 2.75) is 26.4 Å². The number of nitrogens with zero attached hydrogens (tertiary/aromatic N) is 3. The van der Waals surface area contributed by atoms with Crippen LogP contribution in [0.15, 0.2) is 45.3 Å². The number of ether oxygens (including phenoxy) is 1. The van der Waals surface area contributed by atoms with Crippen LogP contribution < -0.4 is 10.1 Å². The van der Waals surface area contributed by atoms with Crippen molar-refractivity contribution in [3.63, 3.8) is 0 Å². The first-order chi connectivity index (χ1) is 15.7. The smallest absolute Gasteiger partial charge is 0.258 e.